The highest BCUT2D eigenvalue weighted by atomic mass is 16.3. The van der Waals surface area contributed by atoms with Gasteiger partial charge in [-0.05, 0) is 66.6 Å². The Hall–Kier alpha value is -4.96. The van der Waals surface area contributed by atoms with E-state index in [0.29, 0.717) is 0 Å². The molecule has 4 heterocycles. The summed E-state index contributed by atoms with van der Waals surface area (Å²) in [6.07, 6.45) is 5.48. The quantitative estimate of drug-likeness (QED) is 0.255. The molecular weight excluding hydrogens is 454 g/mol. The van der Waals surface area contributed by atoms with Gasteiger partial charge in [-0.15, -0.1) is 0 Å². The lowest BCUT2D eigenvalue weighted by atomic mass is 10.0. The minimum atomic E-state index is 0.879. The normalized spacial score (nSPS) is 11.4. The number of furan rings is 1. The zero-order valence-electron chi connectivity index (χ0n) is 20.3. The molecule has 7 rings (SSSR count). The molecule has 0 N–H and O–H groups in total. The lowest BCUT2D eigenvalue weighted by Crippen LogP contribution is -1.94. The van der Waals surface area contributed by atoms with Gasteiger partial charge in [0.15, 0.2) is 5.58 Å². The van der Waals surface area contributed by atoms with Crippen LogP contribution in [0.2, 0.25) is 0 Å². The van der Waals surface area contributed by atoms with Crippen LogP contribution in [-0.4, -0.2) is 14.5 Å². The Morgan fingerprint density at radius 2 is 1.43 bits per heavy atom. The Bertz CT molecular complexity index is 1880. The molecule has 0 radical (unpaired) electrons. The number of fused-ring (bicyclic) bond motifs is 3. The van der Waals surface area contributed by atoms with Crippen molar-refractivity contribution in [3.63, 3.8) is 0 Å². The summed E-state index contributed by atoms with van der Waals surface area (Å²) in [7, 11) is 0. The van der Waals surface area contributed by atoms with Gasteiger partial charge in [-0.2, -0.15) is 0 Å². The molecule has 4 heteroatoms. The third-order valence-corrected chi connectivity index (χ3v) is 6.94. The number of hydrogen-bond donors (Lipinski definition) is 0. The molecule has 0 bridgehead atoms. The van der Waals surface area contributed by atoms with E-state index in [9.17, 15) is 0 Å². The number of hydrogen-bond acceptors (Lipinski definition) is 3. The van der Waals surface area contributed by atoms with Crippen molar-refractivity contribution < 1.29 is 4.42 Å². The van der Waals surface area contributed by atoms with Crippen molar-refractivity contribution in [3.8, 4) is 39.3 Å². The fourth-order valence-electron chi connectivity index (χ4n) is 5.15. The Morgan fingerprint density at radius 3 is 2.24 bits per heavy atom. The van der Waals surface area contributed by atoms with Crippen LogP contribution in [0.15, 0.2) is 126 Å². The minimum absolute atomic E-state index is 0.879. The first kappa shape index (κ1) is 21.3. The van der Waals surface area contributed by atoms with Crippen LogP contribution in [0.3, 0.4) is 0 Å². The molecule has 0 aliphatic carbocycles. The largest absolute Gasteiger partial charge is 0.461 e. The standard InChI is InChI=1S/C33H23N3O/c1-22-8-5-6-11-26(22)28-21-37-33-27-20-24(30-13-7-12-29(35-30)23-16-18-34-19-17-23)14-15-31(27)36(32(28)33)25-9-3-2-4-10-25/h2-21H,1H3. The second-order valence-electron chi connectivity index (χ2n) is 9.19. The highest BCUT2D eigenvalue weighted by Gasteiger charge is 2.21. The van der Waals surface area contributed by atoms with Crippen LogP contribution in [0.5, 0.6) is 0 Å². The van der Waals surface area contributed by atoms with E-state index in [1.165, 1.54) is 11.1 Å². The highest BCUT2D eigenvalue weighted by molar-refractivity contribution is 6.12. The lowest BCUT2D eigenvalue weighted by molar-refractivity contribution is 0.620. The van der Waals surface area contributed by atoms with Crippen LogP contribution >= 0.6 is 0 Å². The van der Waals surface area contributed by atoms with Gasteiger partial charge in [0, 0.05) is 40.2 Å². The summed E-state index contributed by atoms with van der Waals surface area (Å²) in [5.41, 5.74) is 11.6. The molecule has 0 aliphatic rings. The molecule has 176 valence electrons. The van der Waals surface area contributed by atoms with Gasteiger partial charge in [-0.25, -0.2) is 4.98 Å². The van der Waals surface area contributed by atoms with Crippen molar-refractivity contribution >= 4 is 22.0 Å². The average molecular weight is 478 g/mol. The number of aryl methyl sites for hydroxylation is 1. The van der Waals surface area contributed by atoms with E-state index < -0.39 is 0 Å². The second kappa shape index (κ2) is 8.61. The van der Waals surface area contributed by atoms with Gasteiger partial charge in [-0.3, -0.25) is 4.98 Å². The fraction of sp³-hybridized carbons (Fsp3) is 0.0303. The molecule has 0 saturated heterocycles. The summed E-state index contributed by atoms with van der Waals surface area (Å²) in [4.78, 5) is 9.09. The summed E-state index contributed by atoms with van der Waals surface area (Å²) >= 11 is 0. The molecule has 0 saturated carbocycles. The van der Waals surface area contributed by atoms with Crippen molar-refractivity contribution in [2.75, 3.05) is 0 Å². The molecular formula is C33H23N3O. The Kier molecular flexibility index (Phi) is 4.96. The lowest BCUT2D eigenvalue weighted by Gasteiger charge is -2.10. The number of rotatable bonds is 4. The van der Waals surface area contributed by atoms with Crippen LogP contribution in [0, 0.1) is 6.92 Å². The van der Waals surface area contributed by atoms with E-state index in [-0.39, 0.29) is 0 Å². The predicted octanol–water partition coefficient (Wildman–Crippen LogP) is 8.48. The van der Waals surface area contributed by atoms with Gasteiger partial charge in [0.05, 0.1) is 16.9 Å². The molecule has 0 amide bonds. The molecule has 4 nitrogen and oxygen atoms in total. The summed E-state index contributed by atoms with van der Waals surface area (Å²) in [6, 6.07) is 35.5. The van der Waals surface area contributed by atoms with E-state index in [1.807, 2.05) is 30.5 Å². The van der Waals surface area contributed by atoms with E-state index in [2.05, 4.69) is 95.3 Å². The van der Waals surface area contributed by atoms with Gasteiger partial charge in [0.25, 0.3) is 0 Å². The topological polar surface area (TPSA) is 43.9 Å². The fourth-order valence-corrected chi connectivity index (χ4v) is 5.15. The summed E-state index contributed by atoms with van der Waals surface area (Å²) in [6.45, 7) is 2.14. The zero-order valence-corrected chi connectivity index (χ0v) is 20.3. The molecule has 0 spiro atoms. The van der Waals surface area contributed by atoms with Gasteiger partial charge in [-0.1, -0.05) is 54.6 Å². The van der Waals surface area contributed by atoms with Crippen molar-refractivity contribution in [2.24, 2.45) is 0 Å². The minimum Gasteiger partial charge on any atom is -0.461 e. The number of benzene rings is 3. The molecule has 0 aliphatic heterocycles. The second-order valence-corrected chi connectivity index (χ2v) is 9.19. The van der Waals surface area contributed by atoms with Crippen molar-refractivity contribution in [1.82, 2.24) is 14.5 Å². The maximum Gasteiger partial charge on any atom is 0.160 e. The molecule has 37 heavy (non-hydrogen) atoms. The van der Waals surface area contributed by atoms with Crippen LogP contribution in [0.1, 0.15) is 5.56 Å². The van der Waals surface area contributed by atoms with Crippen molar-refractivity contribution in [3.05, 3.63) is 127 Å². The molecule has 0 atom stereocenters. The maximum absolute atomic E-state index is 6.31. The number of aromatic nitrogens is 3. The van der Waals surface area contributed by atoms with Gasteiger partial charge in [0.1, 0.15) is 11.8 Å². The summed E-state index contributed by atoms with van der Waals surface area (Å²) < 4.78 is 8.62. The van der Waals surface area contributed by atoms with Gasteiger partial charge >= 0.3 is 0 Å². The summed E-state index contributed by atoms with van der Waals surface area (Å²) in [5.74, 6) is 0. The molecule has 3 aromatic carbocycles. The molecule has 0 fully saturated rings. The van der Waals surface area contributed by atoms with Gasteiger partial charge in [0.2, 0.25) is 0 Å². The molecule has 0 unspecified atom stereocenters. The van der Waals surface area contributed by atoms with Crippen LogP contribution in [0.25, 0.3) is 61.3 Å². The smallest absolute Gasteiger partial charge is 0.160 e. The zero-order chi connectivity index (χ0) is 24.8. The Balaban J connectivity index is 1.47. The predicted molar refractivity (Wildman–Crippen MR) is 150 cm³/mol. The van der Waals surface area contributed by atoms with E-state index in [1.54, 1.807) is 12.4 Å². The first-order valence-electron chi connectivity index (χ1n) is 12.3. The highest BCUT2D eigenvalue weighted by Crippen LogP contribution is 2.41. The SMILES string of the molecule is Cc1ccccc1-c1coc2c3cc(-c4cccc(-c5ccncc5)n4)ccc3n(-c3ccccc3)c12. The number of nitrogens with zero attached hydrogens (tertiary/aromatic N) is 3. The van der Waals surface area contributed by atoms with E-state index in [4.69, 9.17) is 9.40 Å². The third kappa shape index (κ3) is 3.54. The Morgan fingerprint density at radius 1 is 0.676 bits per heavy atom. The number of pyridine rings is 2. The van der Waals surface area contributed by atoms with Crippen molar-refractivity contribution in [1.29, 1.82) is 0 Å². The first-order valence-corrected chi connectivity index (χ1v) is 12.3. The van der Waals surface area contributed by atoms with E-state index in [0.717, 1.165) is 55.8 Å². The van der Waals surface area contributed by atoms with Crippen molar-refractivity contribution in [2.45, 2.75) is 6.92 Å². The Labute approximate surface area is 214 Å². The average Bonchev–Trinajstić information content (AvgIpc) is 3.52. The molecule has 7 aromatic rings. The van der Waals surface area contributed by atoms with Crippen LogP contribution < -0.4 is 0 Å². The van der Waals surface area contributed by atoms with Crippen LogP contribution in [-0.2, 0) is 0 Å². The van der Waals surface area contributed by atoms with Crippen LogP contribution in [0.4, 0.5) is 0 Å². The first-order chi connectivity index (χ1) is 18.3. The number of para-hydroxylation sites is 1. The maximum atomic E-state index is 6.31. The van der Waals surface area contributed by atoms with E-state index >= 15 is 0 Å². The molecule has 4 aromatic heterocycles. The summed E-state index contributed by atoms with van der Waals surface area (Å²) in [5, 5.41) is 1.06. The third-order valence-electron chi connectivity index (χ3n) is 6.94. The monoisotopic (exact) mass is 477 g/mol. The van der Waals surface area contributed by atoms with Gasteiger partial charge < -0.3 is 8.98 Å².